The fraction of sp³-hybridized carbons (Fsp3) is 0.875. The maximum Gasteiger partial charge on any atom is 0.0967 e. The van der Waals surface area contributed by atoms with Crippen molar-refractivity contribution in [3.8, 4) is 0 Å². The van der Waals surface area contributed by atoms with Crippen molar-refractivity contribution in [3.63, 3.8) is 0 Å². The molecule has 1 aliphatic heterocycles. The van der Waals surface area contributed by atoms with Crippen LogP contribution in [0.1, 0.15) is 57.6 Å². The third-order valence-corrected chi connectivity index (χ3v) is 5.26. The van der Waals surface area contributed by atoms with Gasteiger partial charge in [0.05, 0.1) is 5.69 Å². The van der Waals surface area contributed by atoms with Gasteiger partial charge in [0.2, 0.25) is 0 Å². The summed E-state index contributed by atoms with van der Waals surface area (Å²) in [6.07, 6.45) is 11.4. The van der Waals surface area contributed by atoms with Crippen molar-refractivity contribution >= 4 is 0 Å². The zero-order valence-corrected chi connectivity index (χ0v) is 13.5. The van der Waals surface area contributed by atoms with Crippen molar-refractivity contribution in [3.05, 3.63) is 11.9 Å². The van der Waals surface area contributed by atoms with Gasteiger partial charge in [-0.2, -0.15) is 0 Å². The number of aryl methyl sites for hydroxylation is 1. The highest BCUT2D eigenvalue weighted by atomic mass is 15.4. The molecular weight excluding hydrogens is 262 g/mol. The fourth-order valence-corrected chi connectivity index (χ4v) is 4.11. The van der Waals surface area contributed by atoms with Crippen molar-refractivity contribution in [1.82, 2.24) is 25.2 Å². The summed E-state index contributed by atoms with van der Waals surface area (Å²) in [5.74, 6) is 0. The number of rotatable bonds is 4. The minimum atomic E-state index is 0.361. The minimum absolute atomic E-state index is 0.361. The molecule has 0 aromatic carbocycles. The fourth-order valence-electron chi connectivity index (χ4n) is 4.11. The van der Waals surface area contributed by atoms with Crippen LogP contribution < -0.4 is 5.32 Å². The first-order valence-corrected chi connectivity index (χ1v) is 8.55. The van der Waals surface area contributed by atoms with Gasteiger partial charge >= 0.3 is 0 Å². The number of nitrogens with zero attached hydrogens (tertiary/aromatic N) is 4. The molecule has 1 N–H and O–H groups in total. The summed E-state index contributed by atoms with van der Waals surface area (Å²) in [5, 5.41) is 12.2. The van der Waals surface area contributed by atoms with Crippen LogP contribution in [0.3, 0.4) is 0 Å². The molecule has 1 atom stereocenters. The molecule has 21 heavy (non-hydrogen) atoms. The number of nitrogens with one attached hydrogen (secondary N) is 1. The molecule has 2 heterocycles. The number of hydrogen-bond acceptors (Lipinski definition) is 4. The molecule has 0 radical (unpaired) electrons. The SMILES string of the molecule is CCCC1CN(Cc2cn(C)nn2)C2(CCCCC2)CN1. The monoisotopic (exact) mass is 291 g/mol. The Balaban J connectivity index is 1.75. The number of aromatic nitrogens is 3. The van der Waals surface area contributed by atoms with Gasteiger partial charge in [-0.15, -0.1) is 5.10 Å². The van der Waals surface area contributed by atoms with E-state index in [4.69, 9.17) is 0 Å². The molecular formula is C16H29N5. The second-order valence-corrected chi connectivity index (χ2v) is 6.92. The zero-order chi connectivity index (χ0) is 14.7. The minimum Gasteiger partial charge on any atom is -0.311 e. The van der Waals surface area contributed by atoms with Crippen molar-refractivity contribution in [2.75, 3.05) is 13.1 Å². The van der Waals surface area contributed by atoms with E-state index in [1.54, 1.807) is 0 Å². The van der Waals surface area contributed by atoms with Gasteiger partial charge in [-0.3, -0.25) is 9.58 Å². The first kappa shape index (κ1) is 15.0. The summed E-state index contributed by atoms with van der Waals surface area (Å²) in [5.41, 5.74) is 1.47. The lowest BCUT2D eigenvalue weighted by molar-refractivity contribution is 0.00101. The van der Waals surface area contributed by atoms with E-state index in [0.717, 1.165) is 25.3 Å². The quantitative estimate of drug-likeness (QED) is 0.923. The summed E-state index contributed by atoms with van der Waals surface area (Å²) in [4.78, 5) is 2.72. The van der Waals surface area contributed by atoms with E-state index in [9.17, 15) is 0 Å². The number of hydrogen-bond donors (Lipinski definition) is 1. The van der Waals surface area contributed by atoms with Crippen LogP contribution in [-0.4, -0.2) is 44.6 Å². The van der Waals surface area contributed by atoms with Crippen molar-refractivity contribution in [2.45, 2.75) is 70.0 Å². The number of piperazine rings is 1. The van der Waals surface area contributed by atoms with Crippen LogP contribution in [0.2, 0.25) is 0 Å². The topological polar surface area (TPSA) is 46.0 Å². The molecule has 3 rings (SSSR count). The summed E-state index contributed by atoms with van der Waals surface area (Å²) in [6.45, 7) is 5.54. The Labute approximate surface area is 128 Å². The normalized spacial score (nSPS) is 26.3. The molecule has 1 aliphatic carbocycles. The van der Waals surface area contributed by atoms with Gasteiger partial charge in [-0.1, -0.05) is 37.8 Å². The van der Waals surface area contributed by atoms with Crippen molar-refractivity contribution in [1.29, 1.82) is 0 Å². The van der Waals surface area contributed by atoms with Crippen LogP contribution in [0.5, 0.6) is 0 Å². The van der Waals surface area contributed by atoms with E-state index in [1.165, 1.54) is 44.9 Å². The Morgan fingerprint density at radius 3 is 2.81 bits per heavy atom. The second kappa shape index (κ2) is 6.44. The first-order chi connectivity index (χ1) is 10.2. The Kier molecular flexibility index (Phi) is 4.60. The van der Waals surface area contributed by atoms with E-state index >= 15 is 0 Å². The molecule has 2 fully saturated rings. The van der Waals surface area contributed by atoms with Crippen LogP contribution >= 0.6 is 0 Å². The van der Waals surface area contributed by atoms with Crippen LogP contribution in [0.15, 0.2) is 6.20 Å². The molecule has 0 amide bonds. The highest BCUT2D eigenvalue weighted by Gasteiger charge is 2.42. The maximum absolute atomic E-state index is 4.31. The Hall–Kier alpha value is -0.940. The largest absolute Gasteiger partial charge is 0.311 e. The molecule has 1 unspecified atom stereocenters. The molecule has 1 aromatic rings. The van der Waals surface area contributed by atoms with E-state index in [0.29, 0.717) is 11.6 Å². The zero-order valence-electron chi connectivity index (χ0n) is 13.5. The standard InChI is InChI=1S/C16H29N5/c1-3-7-14-11-21(12-15-10-20(2)19-18-15)16(13-17-14)8-5-4-6-9-16/h10,14,17H,3-9,11-13H2,1-2H3. The highest BCUT2D eigenvalue weighted by molar-refractivity contribution is 5.03. The summed E-state index contributed by atoms with van der Waals surface area (Å²) >= 11 is 0. The van der Waals surface area contributed by atoms with Crippen LogP contribution in [0.4, 0.5) is 0 Å². The van der Waals surface area contributed by atoms with E-state index < -0.39 is 0 Å². The predicted molar refractivity (Wildman–Crippen MR) is 83.9 cm³/mol. The van der Waals surface area contributed by atoms with Crippen LogP contribution in [-0.2, 0) is 13.6 Å². The predicted octanol–water partition coefficient (Wildman–Crippen LogP) is 2.09. The van der Waals surface area contributed by atoms with Gasteiger partial charge in [0.25, 0.3) is 0 Å². The lowest BCUT2D eigenvalue weighted by Gasteiger charge is -2.52. The average molecular weight is 291 g/mol. The lowest BCUT2D eigenvalue weighted by Crippen LogP contribution is -2.64. The van der Waals surface area contributed by atoms with Gasteiger partial charge in [-0.25, -0.2) is 0 Å². The molecule has 1 saturated heterocycles. The lowest BCUT2D eigenvalue weighted by atomic mass is 9.78. The van der Waals surface area contributed by atoms with E-state index in [2.05, 4.69) is 33.6 Å². The second-order valence-electron chi connectivity index (χ2n) is 6.92. The van der Waals surface area contributed by atoms with Crippen LogP contribution in [0.25, 0.3) is 0 Å². The third kappa shape index (κ3) is 3.29. The van der Waals surface area contributed by atoms with Crippen LogP contribution in [0, 0.1) is 0 Å². The third-order valence-electron chi connectivity index (χ3n) is 5.26. The Bertz CT molecular complexity index is 449. The summed E-state index contributed by atoms with van der Waals surface area (Å²) < 4.78 is 1.81. The molecule has 1 saturated carbocycles. The highest BCUT2D eigenvalue weighted by Crippen LogP contribution is 2.36. The van der Waals surface area contributed by atoms with Crippen molar-refractivity contribution in [2.24, 2.45) is 7.05 Å². The summed E-state index contributed by atoms with van der Waals surface area (Å²) in [6, 6.07) is 0.638. The van der Waals surface area contributed by atoms with Gasteiger partial charge in [0.1, 0.15) is 0 Å². The Morgan fingerprint density at radius 2 is 2.14 bits per heavy atom. The molecule has 2 aliphatic rings. The molecule has 0 bridgehead atoms. The molecule has 1 aromatic heterocycles. The smallest absolute Gasteiger partial charge is 0.0967 e. The van der Waals surface area contributed by atoms with Gasteiger partial charge < -0.3 is 5.32 Å². The van der Waals surface area contributed by atoms with E-state index in [1.807, 2.05) is 11.7 Å². The van der Waals surface area contributed by atoms with Crippen molar-refractivity contribution < 1.29 is 0 Å². The maximum atomic E-state index is 4.31. The van der Waals surface area contributed by atoms with Gasteiger partial charge in [-0.05, 0) is 19.3 Å². The van der Waals surface area contributed by atoms with Gasteiger partial charge in [0, 0.05) is 44.5 Å². The summed E-state index contributed by atoms with van der Waals surface area (Å²) in [7, 11) is 1.95. The molecule has 118 valence electrons. The first-order valence-electron chi connectivity index (χ1n) is 8.55. The van der Waals surface area contributed by atoms with Gasteiger partial charge in [0.15, 0.2) is 0 Å². The molecule has 1 spiro atoms. The Morgan fingerprint density at radius 1 is 1.33 bits per heavy atom. The average Bonchev–Trinajstić information content (AvgIpc) is 2.90. The molecule has 5 heteroatoms. The molecule has 5 nitrogen and oxygen atoms in total. The van der Waals surface area contributed by atoms with E-state index in [-0.39, 0.29) is 0 Å².